The number of rotatable bonds is 39. The number of hydrogen-bond donors (Lipinski definition) is 7. The van der Waals surface area contributed by atoms with E-state index in [-0.39, 0.29) is 12.8 Å². The smallest absolute Gasteiger partial charge is 0.462 e. The van der Waals surface area contributed by atoms with E-state index in [9.17, 15) is 49.7 Å². The maximum Gasteiger partial charge on any atom is 0.472 e. The molecule has 0 aromatic heterocycles. The van der Waals surface area contributed by atoms with Gasteiger partial charge in [0, 0.05) is 12.8 Å². The van der Waals surface area contributed by atoms with E-state index in [4.69, 9.17) is 18.5 Å². The second-order valence-corrected chi connectivity index (χ2v) is 18.2. The van der Waals surface area contributed by atoms with Crippen molar-refractivity contribution in [1.82, 2.24) is 0 Å². The van der Waals surface area contributed by atoms with Gasteiger partial charge in [-0.2, -0.15) is 0 Å². The van der Waals surface area contributed by atoms with Gasteiger partial charge in [0.15, 0.2) is 6.10 Å². The molecule has 15 heteroatoms. The van der Waals surface area contributed by atoms with Crippen LogP contribution in [0.15, 0.2) is 60.8 Å². The first-order valence-electron chi connectivity index (χ1n) is 24.2. The van der Waals surface area contributed by atoms with Crippen LogP contribution in [0.2, 0.25) is 0 Å². The first-order chi connectivity index (χ1) is 30.8. The molecule has 0 aliphatic heterocycles. The Morgan fingerprint density at radius 3 is 1.67 bits per heavy atom. The third-order valence-corrected chi connectivity index (χ3v) is 11.9. The molecule has 1 rings (SSSR count). The molecule has 14 nitrogen and oxygen atoms in total. The van der Waals surface area contributed by atoms with Crippen LogP contribution in [-0.4, -0.2) is 110 Å². The SMILES string of the molecule is CCCCCCCC/C=C\CCCCCCCCCC(=O)OC[C@H](COP(=O)(O)OC1[C@H](O)[C@H](O)C(O)[C@H](O)[C@H]1O)OC(=O)CCC/C=C\C/C=C\C/C=C\C=C\[C@@H](O)CCCCC. The summed E-state index contributed by atoms with van der Waals surface area (Å²) in [7, 11) is -5.15. The molecule has 0 spiro atoms. The van der Waals surface area contributed by atoms with Gasteiger partial charge in [-0.1, -0.05) is 158 Å². The van der Waals surface area contributed by atoms with Gasteiger partial charge in [0.25, 0.3) is 0 Å². The zero-order chi connectivity index (χ0) is 47.3. The van der Waals surface area contributed by atoms with E-state index in [1.54, 1.807) is 6.08 Å². The Labute approximate surface area is 384 Å². The second kappa shape index (κ2) is 38.6. The lowest BCUT2D eigenvalue weighted by Gasteiger charge is -2.41. The van der Waals surface area contributed by atoms with Gasteiger partial charge in [0.05, 0.1) is 12.7 Å². The van der Waals surface area contributed by atoms with Gasteiger partial charge in [-0.05, 0) is 64.2 Å². The van der Waals surface area contributed by atoms with Crippen molar-refractivity contribution in [3.05, 3.63) is 60.8 Å². The van der Waals surface area contributed by atoms with Crippen LogP contribution in [0.25, 0.3) is 0 Å². The molecule has 0 bridgehead atoms. The van der Waals surface area contributed by atoms with Crippen LogP contribution < -0.4 is 0 Å². The average molecular weight is 929 g/mol. The highest BCUT2D eigenvalue weighted by molar-refractivity contribution is 7.47. The van der Waals surface area contributed by atoms with Crippen LogP contribution >= 0.6 is 7.82 Å². The molecule has 0 aromatic rings. The number of hydrogen-bond acceptors (Lipinski definition) is 13. The summed E-state index contributed by atoms with van der Waals surface area (Å²) < 4.78 is 33.5. The van der Waals surface area contributed by atoms with Crippen LogP contribution in [0.3, 0.4) is 0 Å². The molecule has 64 heavy (non-hydrogen) atoms. The van der Waals surface area contributed by atoms with Crippen LogP contribution in [0.1, 0.15) is 174 Å². The molecule has 1 aliphatic carbocycles. The fourth-order valence-electron chi connectivity index (χ4n) is 6.97. The van der Waals surface area contributed by atoms with Gasteiger partial charge in [0.2, 0.25) is 0 Å². The van der Waals surface area contributed by atoms with Crippen LogP contribution in [-0.2, 0) is 32.7 Å². The molecule has 1 aliphatic rings. The number of carbonyl (C=O) groups is 2. The minimum atomic E-state index is -5.15. The largest absolute Gasteiger partial charge is 0.472 e. The number of phosphoric acid groups is 1. The van der Waals surface area contributed by atoms with Crippen molar-refractivity contribution in [3.63, 3.8) is 0 Å². The number of unbranched alkanes of at least 4 members (excludes halogenated alkanes) is 16. The number of carbonyl (C=O) groups excluding carboxylic acids is 2. The number of esters is 2. The normalized spacial score (nSPS) is 22.6. The van der Waals surface area contributed by atoms with E-state index < -0.39 is 81.8 Å². The van der Waals surface area contributed by atoms with Crippen LogP contribution in [0.5, 0.6) is 0 Å². The fraction of sp³-hybridized carbons (Fsp3) is 0.755. The molecule has 0 heterocycles. The number of aliphatic hydroxyl groups excluding tert-OH is 6. The van der Waals surface area contributed by atoms with Gasteiger partial charge >= 0.3 is 19.8 Å². The Morgan fingerprint density at radius 2 is 1.05 bits per heavy atom. The third-order valence-electron chi connectivity index (χ3n) is 10.9. The number of ether oxygens (including phenoxy) is 2. The van der Waals surface area contributed by atoms with Gasteiger partial charge in [-0.15, -0.1) is 0 Å². The molecule has 0 saturated heterocycles. The van der Waals surface area contributed by atoms with E-state index >= 15 is 0 Å². The number of aliphatic hydroxyl groups is 6. The maximum atomic E-state index is 12.8. The Kier molecular flexibility index (Phi) is 35.9. The summed E-state index contributed by atoms with van der Waals surface area (Å²) in [6, 6.07) is 0. The topological polar surface area (TPSA) is 230 Å². The van der Waals surface area contributed by atoms with Gasteiger partial charge in [0.1, 0.15) is 43.2 Å². The monoisotopic (exact) mass is 929 g/mol. The van der Waals surface area contributed by atoms with Crippen molar-refractivity contribution in [2.24, 2.45) is 0 Å². The summed E-state index contributed by atoms with van der Waals surface area (Å²) in [6.45, 7) is 3.12. The molecule has 0 amide bonds. The summed E-state index contributed by atoms with van der Waals surface area (Å²) >= 11 is 0. The molecule has 9 atom stereocenters. The summed E-state index contributed by atoms with van der Waals surface area (Å²) in [5, 5.41) is 60.1. The Morgan fingerprint density at radius 1 is 0.562 bits per heavy atom. The fourth-order valence-corrected chi connectivity index (χ4v) is 7.95. The van der Waals surface area contributed by atoms with Gasteiger partial charge in [-0.3, -0.25) is 18.6 Å². The third kappa shape index (κ3) is 30.7. The first-order valence-corrected chi connectivity index (χ1v) is 25.7. The number of allylic oxidation sites excluding steroid dienone is 9. The Bertz CT molecular complexity index is 1370. The molecule has 1 saturated carbocycles. The lowest BCUT2D eigenvalue weighted by molar-refractivity contribution is -0.220. The lowest BCUT2D eigenvalue weighted by Crippen LogP contribution is -2.64. The molecular formula is C49H85O14P. The van der Waals surface area contributed by atoms with Crippen molar-refractivity contribution in [2.75, 3.05) is 13.2 Å². The second-order valence-electron chi connectivity index (χ2n) is 16.8. The average Bonchev–Trinajstić information content (AvgIpc) is 3.27. The summed E-state index contributed by atoms with van der Waals surface area (Å²) in [5.41, 5.74) is 0. The van der Waals surface area contributed by atoms with Crippen molar-refractivity contribution in [3.8, 4) is 0 Å². The van der Waals surface area contributed by atoms with Crippen molar-refractivity contribution < 1.29 is 68.2 Å². The van der Waals surface area contributed by atoms with Crippen molar-refractivity contribution >= 4 is 19.8 Å². The number of phosphoric ester groups is 1. The van der Waals surface area contributed by atoms with E-state index in [0.29, 0.717) is 25.7 Å². The highest BCUT2D eigenvalue weighted by Crippen LogP contribution is 2.47. The zero-order valence-electron chi connectivity index (χ0n) is 38.9. The quantitative estimate of drug-likeness (QED) is 0.0101. The minimum Gasteiger partial charge on any atom is -0.462 e. The Hall–Kier alpha value is -2.49. The van der Waals surface area contributed by atoms with E-state index in [1.807, 2.05) is 42.5 Å². The predicted octanol–water partition coefficient (Wildman–Crippen LogP) is 8.70. The van der Waals surface area contributed by atoms with Crippen LogP contribution in [0.4, 0.5) is 0 Å². The predicted molar refractivity (Wildman–Crippen MR) is 250 cm³/mol. The molecular weight excluding hydrogens is 843 g/mol. The van der Waals surface area contributed by atoms with Crippen molar-refractivity contribution in [1.29, 1.82) is 0 Å². The van der Waals surface area contributed by atoms with Crippen molar-refractivity contribution in [2.45, 2.75) is 223 Å². The standard InChI is InChI=1S/C49H85O14P/c1-3-5-7-8-9-10-11-12-13-14-15-16-19-22-25-28-32-36-42(51)60-38-41(39-61-64(58,59)63-49-47(56)45(54)44(53)46(55)48(49)57)62-43(52)37-33-29-26-23-20-17-18-21-24-27-31-35-40(50)34-30-6-4-2/h12-13,17-18,23-24,26-27,31,35,40-41,44-50,53-57H,3-11,14-16,19-22,25,28-30,32-34,36-39H2,1-2H3,(H,58,59)/b13-12-,18-17-,26-23-,27-24-,35-31+/t40-,41+,44?,45-,46+,47+,48+,49?/m0/s1. The molecule has 1 fully saturated rings. The zero-order valence-corrected chi connectivity index (χ0v) is 39.8. The maximum absolute atomic E-state index is 12.8. The van der Waals surface area contributed by atoms with E-state index in [1.165, 1.54) is 57.8 Å². The van der Waals surface area contributed by atoms with E-state index in [2.05, 4.69) is 26.0 Å². The first kappa shape index (κ1) is 59.5. The molecule has 0 radical (unpaired) electrons. The highest BCUT2D eigenvalue weighted by Gasteiger charge is 2.51. The molecule has 7 N–H and O–H groups in total. The summed E-state index contributed by atoms with van der Waals surface area (Å²) in [5.74, 6) is -1.20. The summed E-state index contributed by atoms with van der Waals surface area (Å²) in [4.78, 5) is 35.7. The highest BCUT2D eigenvalue weighted by atomic mass is 31.2. The Balaban J connectivity index is 2.50. The van der Waals surface area contributed by atoms with Gasteiger partial charge < -0.3 is 45.0 Å². The van der Waals surface area contributed by atoms with E-state index in [0.717, 1.165) is 64.2 Å². The minimum absolute atomic E-state index is 0.00194. The molecule has 3 unspecified atom stereocenters. The molecule has 370 valence electrons. The van der Waals surface area contributed by atoms with Crippen LogP contribution in [0, 0.1) is 0 Å². The molecule has 0 aromatic carbocycles. The van der Waals surface area contributed by atoms with Gasteiger partial charge in [-0.25, -0.2) is 4.57 Å². The lowest BCUT2D eigenvalue weighted by atomic mass is 9.85. The summed E-state index contributed by atoms with van der Waals surface area (Å²) in [6.07, 6.45) is 30.2.